The van der Waals surface area contributed by atoms with Crippen LogP contribution >= 0.6 is 11.6 Å². The van der Waals surface area contributed by atoms with Crippen molar-refractivity contribution in [3.8, 4) is 17.6 Å². The Bertz CT molecular complexity index is 640. The predicted octanol–water partition coefficient (Wildman–Crippen LogP) is 3.81. The molecule has 0 saturated heterocycles. The smallest absolute Gasteiger partial charge is 0.145 e. The van der Waals surface area contributed by atoms with Crippen molar-refractivity contribution in [1.29, 1.82) is 5.26 Å². The van der Waals surface area contributed by atoms with Gasteiger partial charge >= 0.3 is 0 Å². The average molecular weight is 292 g/mol. The van der Waals surface area contributed by atoms with Crippen molar-refractivity contribution < 1.29 is 13.9 Å². The lowest BCUT2D eigenvalue weighted by atomic mass is 10.2. The van der Waals surface area contributed by atoms with E-state index in [4.69, 9.17) is 26.3 Å². The molecular formula is C15H11ClFNO2. The maximum atomic E-state index is 13.2. The van der Waals surface area contributed by atoms with Crippen LogP contribution in [0, 0.1) is 17.1 Å². The van der Waals surface area contributed by atoms with Gasteiger partial charge in [-0.2, -0.15) is 5.26 Å². The van der Waals surface area contributed by atoms with E-state index in [2.05, 4.69) is 0 Å². The van der Waals surface area contributed by atoms with Crippen molar-refractivity contribution in [1.82, 2.24) is 0 Å². The fourth-order valence-corrected chi connectivity index (χ4v) is 1.66. The predicted molar refractivity (Wildman–Crippen MR) is 73.6 cm³/mol. The third-order valence-electron chi connectivity index (χ3n) is 2.47. The molecule has 0 aliphatic carbocycles. The van der Waals surface area contributed by atoms with E-state index in [-0.39, 0.29) is 11.6 Å². The molecule has 0 spiro atoms. The minimum Gasteiger partial charge on any atom is -0.490 e. The largest absolute Gasteiger partial charge is 0.490 e. The summed E-state index contributed by atoms with van der Waals surface area (Å²) in [5.74, 6) is 0.461. The van der Waals surface area contributed by atoms with E-state index >= 15 is 0 Å². The molecule has 0 saturated carbocycles. The molecule has 0 N–H and O–H groups in total. The summed E-state index contributed by atoms with van der Waals surface area (Å²) < 4.78 is 23.9. The summed E-state index contributed by atoms with van der Waals surface area (Å²) in [6.07, 6.45) is 0. The lowest BCUT2D eigenvalue weighted by Crippen LogP contribution is -2.09. The van der Waals surface area contributed by atoms with Gasteiger partial charge in [-0.15, -0.1) is 0 Å². The van der Waals surface area contributed by atoms with Gasteiger partial charge in [0.2, 0.25) is 0 Å². The number of halogens is 2. The van der Waals surface area contributed by atoms with E-state index in [0.717, 1.165) is 0 Å². The molecule has 3 nitrogen and oxygen atoms in total. The Morgan fingerprint density at radius 3 is 2.40 bits per heavy atom. The molecule has 2 aromatic rings. The molecule has 0 fully saturated rings. The van der Waals surface area contributed by atoms with Gasteiger partial charge in [0.05, 0.1) is 16.7 Å². The number of nitrogens with zero attached hydrogens (tertiary/aromatic N) is 1. The van der Waals surface area contributed by atoms with Crippen molar-refractivity contribution in [3.05, 3.63) is 58.9 Å². The van der Waals surface area contributed by atoms with Crippen LogP contribution in [-0.4, -0.2) is 13.2 Å². The second-order valence-corrected chi connectivity index (χ2v) is 4.32. The van der Waals surface area contributed by atoms with E-state index in [0.29, 0.717) is 23.7 Å². The van der Waals surface area contributed by atoms with E-state index in [1.807, 2.05) is 6.07 Å². The van der Waals surface area contributed by atoms with Gasteiger partial charge in [0.1, 0.15) is 30.5 Å². The Hall–Kier alpha value is -2.25. The zero-order valence-corrected chi connectivity index (χ0v) is 11.2. The molecule has 0 aliphatic rings. The van der Waals surface area contributed by atoms with Crippen LogP contribution in [0.2, 0.25) is 5.02 Å². The molecule has 0 heterocycles. The molecule has 0 unspecified atom stereocenters. The fraction of sp³-hybridized carbons (Fsp3) is 0.133. The zero-order valence-electron chi connectivity index (χ0n) is 10.5. The quantitative estimate of drug-likeness (QED) is 0.787. The minimum atomic E-state index is -0.521. The standard InChI is InChI=1S/C15H11ClFNO2/c16-14-5-4-13(9-15(14)17)20-7-6-19-12-3-1-2-11(8-12)10-18/h1-5,8-9H,6-7H2. The van der Waals surface area contributed by atoms with E-state index in [9.17, 15) is 4.39 Å². The number of nitriles is 1. The summed E-state index contributed by atoms with van der Waals surface area (Å²) >= 11 is 5.57. The summed E-state index contributed by atoms with van der Waals surface area (Å²) in [5, 5.41) is 8.81. The summed E-state index contributed by atoms with van der Waals surface area (Å²) in [4.78, 5) is 0. The highest BCUT2D eigenvalue weighted by Gasteiger charge is 2.02. The lowest BCUT2D eigenvalue weighted by molar-refractivity contribution is 0.216. The molecule has 0 atom stereocenters. The van der Waals surface area contributed by atoms with Gasteiger partial charge in [-0.25, -0.2) is 4.39 Å². The molecule has 20 heavy (non-hydrogen) atoms. The third kappa shape index (κ3) is 3.87. The van der Waals surface area contributed by atoms with Crippen molar-refractivity contribution >= 4 is 11.6 Å². The Morgan fingerprint density at radius 2 is 1.75 bits per heavy atom. The summed E-state index contributed by atoms with van der Waals surface area (Å²) in [7, 11) is 0. The number of ether oxygens (including phenoxy) is 2. The van der Waals surface area contributed by atoms with Gasteiger partial charge in [0, 0.05) is 6.07 Å². The maximum Gasteiger partial charge on any atom is 0.145 e. The average Bonchev–Trinajstić information content (AvgIpc) is 2.47. The van der Waals surface area contributed by atoms with Gasteiger partial charge < -0.3 is 9.47 Å². The van der Waals surface area contributed by atoms with Crippen LogP contribution < -0.4 is 9.47 Å². The Morgan fingerprint density at radius 1 is 1.05 bits per heavy atom. The molecule has 0 aliphatic heterocycles. The van der Waals surface area contributed by atoms with Crippen molar-refractivity contribution in [2.75, 3.05) is 13.2 Å². The van der Waals surface area contributed by atoms with Crippen molar-refractivity contribution in [2.24, 2.45) is 0 Å². The van der Waals surface area contributed by atoms with Crippen LogP contribution in [0.3, 0.4) is 0 Å². The molecule has 0 aromatic heterocycles. The number of hydrogen-bond donors (Lipinski definition) is 0. The number of rotatable bonds is 5. The fourth-order valence-electron chi connectivity index (χ4n) is 1.54. The first kappa shape index (κ1) is 14.2. The van der Waals surface area contributed by atoms with Gasteiger partial charge in [-0.3, -0.25) is 0 Å². The highest BCUT2D eigenvalue weighted by atomic mass is 35.5. The molecule has 2 aromatic carbocycles. The van der Waals surface area contributed by atoms with E-state index in [1.165, 1.54) is 12.1 Å². The third-order valence-corrected chi connectivity index (χ3v) is 2.78. The van der Waals surface area contributed by atoms with Gasteiger partial charge in [0.25, 0.3) is 0 Å². The molecular weight excluding hydrogens is 281 g/mol. The van der Waals surface area contributed by atoms with E-state index in [1.54, 1.807) is 30.3 Å². The summed E-state index contributed by atoms with van der Waals surface area (Å²) in [6.45, 7) is 0.553. The van der Waals surface area contributed by atoms with Gasteiger partial charge in [-0.05, 0) is 30.3 Å². The van der Waals surface area contributed by atoms with Gasteiger partial charge in [0.15, 0.2) is 0 Å². The van der Waals surface area contributed by atoms with Crippen LogP contribution in [0.15, 0.2) is 42.5 Å². The summed E-state index contributed by atoms with van der Waals surface area (Å²) in [6, 6.07) is 13.1. The van der Waals surface area contributed by atoms with Crippen LogP contribution in [0.25, 0.3) is 0 Å². The number of benzene rings is 2. The Kier molecular flexibility index (Phi) is 4.80. The van der Waals surface area contributed by atoms with Crippen LogP contribution in [0.1, 0.15) is 5.56 Å². The van der Waals surface area contributed by atoms with Crippen LogP contribution in [-0.2, 0) is 0 Å². The first-order valence-electron chi connectivity index (χ1n) is 5.90. The topological polar surface area (TPSA) is 42.2 Å². The van der Waals surface area contributed by atoms with Crippen molar-refractivity contribution in [2.45, 2.75) is 0 Å². The first-order valence-corrected chi connectivity index (χ1v) is 6.27. The molecule has 0 amide bonds. The Balaban J connectivity index is 1.81. The van der Waals surface area contributed by atoms with Crippen LogP contribution in [0.5, 0.6) is 11.5 Å². The lowest BCUT2D eigenvalue weighted by Gasteiger charge is -2.08. The highest BCUT2D eigenvalue weighted by Crippen LogP contribution is 2.20. The second-order valence-electron chi connectivity index (χ2n) is 3.91. The molecule has 0 bridgehead atoms. The highest BCUT2D eigenvalue weighted by molar-refractivity contribution is 6.30. The van der Waals surface area contributed by atoms with Crippen LogP contribution in [0.4, 0.5) is 4.39 Å². The zero-order chi connectivity index (χ0) is 14.4. The molecule has 0 radical (unpaired) electrons. The number of hydrogen-bond acceptors (Lipinski definition) is 3. The molecule has 5 heteroatoms. The van der Waals surface area contributed by atoms with Gasteiger partial charge in [-0.1, -0.05) is 17.7 Å². The van der Waals surface area contributed by atoms with E-state index < -0.39 is 5.82 Å². The normalized spacial score (nSPS) is 9.85. The molecule has 2 rings (SSSR count). The maximum absolute atomic E-state index is 13.2. The molecule has 102 valence electrons. The second kappa shape index (κ2) is 6.78. The first-order chi connectivity index (χ1) is 9.69. The SMILES string of the molecule is N#Cc1cccc(OCCOc2ccc(Cl)c(F)c2)c1. The van der Waals surface area contributed by atoms with Crippen molar-refractivity contribution in [3.63, 3.8) is 0 Å². The Labute approximate surface area is 121 Å². The monoisotopic (exact) mass is 291 g/mol. The summed E-state index contributed by atoms with van der Waals surface area (Å²) in [5.41, 5.74) is 0.531. The minimum absolute atomic E-state index is 0.0573.